The maximum absolute atomic E-state index is 13.2. The summed E-state index contributed by atoms with van der Waals surface area (Å²) in [5.74, 6) is 0.120. The minimum absolute atomic E-state index is 0.0333. The molecular weight excluding hydrogens is 398 g/mol. The molecule has 2 aromatic rings. The van der Waals surface area contributed by atoms with E-state index in [-0.39, 0.29) is 17.4 Å². The molecule has 0 spiro atoms. The van der Waals surface area contributed by atoms with E-state index in [4.69, 9.17) is 0 Å². The smallest absolute Gasteiger partial charge is 0.395 e. The number of amides is 1. The lowest BCUT2D eigenvalue weighted by Crippen LogP contribution is -2.28. The average Bonchev–Trinajstić information content (AvgIpc) is 3.28. The van der Waals surface area contributed by atoms with Crippen LogP contribution in [0, 0.1) is 6.92 Å². The number of benzene rings is 1. The summed E-state index contributed by atoms with van der Waals surface area (Å²) in [4.78, 5) is 17.0. The van der Waals surface area contributed by atoms with Crippen molar-refractivity contribution < 1.29 is 23.0 Å². The van der Waals surface area contributed by atoms with Crippen LogP contribution in [-0.2, 0) is 10.2 Å². The molecule has 0 radical (unpaired) electrons. The first-order valence-electron chi connectivity index (χ1n) is 7.64. The van der Waals surface area contributed by atoms with Gasteiger partial charge in [-0.05, 0) is 65.0 Å². The number of halogens is 3. The molecule has 25 heavy (non-hydrogen) atoms. The maximum Gasteiger partial charge on any atom is 0.586 e. The molecule has 130 valence electrons. The van der Waals surface area contributed by atoms with E-state index in [0.717, 1.165) is 5.56 Å². The first kappa shape index (κ1) is 16.3. The van der Waals surface area contributed by atoms with Crippen LogP contribution in [0.25, 0.3) is 0 Å². The molecule has 1 aliphatic heterocycles. The number of pyridine rings is 1. The van der Waals surface area contributed by atoms with Crippen molar-refractivity contribution >= 4 is 27.7 Å². The molecule has 1 fully saturated rings. The van der Waals surface area contributed by atoms with Crippen molar-refractivity contribution in [3.63, 3.8) is 0 Å². The number of aryl methyl sites for hydroxylation is 1. The van der Waals surface area contributed by atoms with Crippen molar-refractivity contribution in [2.45, 2.75) is 31.5 Å². The summed E-state index contributed by atoms with van der Waals surface area (Å²) in [5, 5.41) is 2.79. The van der Waals surface area contributed by atoms with Gasteiger partial charge in [-0.1, -0.05) is 12.1 Å². The van der Waals surface area contributed by atoms with Crippen LogP contribution < -0.4 is 14.8 Å². The molecule has 0 unspecified atom stereocenters. The largest absolute Gasteiger partial charge is 0.586 e. The minimum Gasteiger partial charge on any atom is -0.395 e. The fourth-order valence-electron chi connectivity index (χ4n) is 2.83. The first-order chi connectivity index (χ1) is 11.8. The van der Waals surface area contributed by atoms with Crippen LogP contribution in [0.5, 0.6) is 11.5 Å². The Morgan fingerprint density at radius 3 is 2.60 bits per heavy atom. The third-order valence-corrected chi connectivity index (χ3v) is 5.22. The van der Waals surface area contributed by atoms with Gasteiger partial charge in [0.1, 0.15) is 10.4 Å². The molecule has 5 nitrogen and oxygen atoms in total. The summed E-state index contributed by atoms with van der Waals surface area (Å²) < 4.78 is 35.8. The van der Waals surface area contributed by atoms with E-state index < -0.39 is 11.7 Å². The lowest BCUT2D eigenvalue weighted by Gasteiger charge is -2.16. The van der Waals surface area contributed by atoms with Gasteiger partial charge in [0.25, 0.3) is 0 Å². The number of ether oxygens (including phenoxy) is 2. The van der Waals surface area contributed by atoms with E-state index in [1.54, 1.807) is 12.1 Å². The van der Waals surface area contributed by atoms with Crippen molar-refractivity contribution in [2.75, 3.05) is 5.32 Å². The van der Waals surface area contributed by atoms with Crippen molar-refractivity contribution in [2.24, 2.45) is 0 Å². The number of aromatic nitrogens is 1. The second-order valence-corrected chi connectivity index (χ2v) is 6.92. The Morgan fingerprint density at radius 2 is 1.92 bits per heavy atom. The maximum atomic E-state index is 13.2. The molecule has 0 atom stereocenters. The Kier molecular flexibility index (Phi) is 3.50. The van der Waals surface area contributed by atoms with Crippen LogP contribution in [0.15, 0.2) is 34.9 Å². The topological polar surface area (TPSA) is 60.5 Å². The third kappa shape index (κ3) is 2.84. The van der Waals surface area contributed by atoms with Gasteiger partial charge in [0.05, 0.1) is 5.41 Å². The van der Waals surface area contributed by atoms with E-state index in [2.05, 4.69) is 35.7 Å². The number of hydrogen-bond donors (Lipinski definition) is 1. The number of anilines is 1. The molecule has 1 aromatic heterocycles. The van der Waals surface area contributed by atoms with Crippen molar-refractivity contribution in [1.82, 2.24) is 4.98 Å². The van der Waals surface area contributed by atoms with E-state index in [0.29, 0.717) is 28.8 Å². The van der Waals surface area contributed by atoms with Crippen LogP contribution in [-0.4, -0.2) is 17.2 Å². The van der Waals surface area contributed by atoms with Crippen molar-refractivity contribution in [1.29, 1.82) is 0 Å². The van der Waals surface area contributed by atoms with Crippen LogP contribution in [0.3, 0.4) is 0 Å². The summed E-state index contributed by atoms with van der Waals surface area (Å²) in [6, 6.07) is 8.03. The molecule has 1 aromatic carbocycles. The summed E-state index contributed by atoms with van der Waals surface area (Å²) in [6.07, 6.45) is -2.41. The Hall–Kier alpha value is -2.22. The van der Waals surface area contributed by atoms with Gasteiger partial charge in [-0.15, -0.1) is 8.78 Å². The highest BCUT2D eigenvalue weighted by atomic mass is 79.9. The minimum atomic E-state index is -3.67. The van der Waals surface area contributed by atoms with Gasteiger partial charge in [-0.25, -0.2) is 4.98 Å². The number of carbonyl (C=O) groups is 1. The Bertz CT molecular complexity index is 884. The monoisotopic (exact) mass is 410 g/mol. The highest BCUT2D eigenvalue weighted by Gasteiger charge is 2.52. The quantitative estimate of drug-likeness (QED) is 0.772. The predicted molar refractivity (Wildman–Crippen MR) is 88.9 cm³/mol. The number of nitrogens with zero attached hydrogens (tertiary/aromatic N) is 1. The van der Waals surface area contributed by atoms with Gasteiger partial charge >= 0.3 is 6.29 Å². The number of alkyl halides is 2. The average molecular weight is 411 g/mol. The molecule has 1 saturated carbocycles. The van der Waals surface area contributed by atoms with Crippen LogP contribution >= 0.6 is 15.9 Å². The first-order valence-corrected chi connectivity index (χ1v) is 8.43. The molecule has 2 heterocycles. The van der Waals surface area contributed by atoms with Gasteiger partial charge < -0.3 is 14.8 Å². The van der Waals surface area contributed by atoms with Gasteiger partial charge in [-0.2, -0.15) is 0 Å². The van der Waals surface area contributed by atoms with E-state index >= 15 is 0 Å². The summed E-state index contributed by atoms with van der Waals surface area (Å²) in [6.45, 7) is 1.90. The second-order valence-electron chi connectivity index (χ2n) is 6.17. The zero-order valence-corrected chi connectivity index (χ0v) is 14.7. The summed E-state index contributed by atoms with van der Waals surface area (Å²) in [7, 11) is 0. The van der Waals surface area contributed by atoms with Crippen molar-refractivity contribution in [3.8, 4) is 11.5 Å². The fraction of sp³-hybridized carbons (Fsp3) is 0.294. The molecule has 1 amide bonds. The molecule has 8 heteroatoms. The van der Waals surface area contributed by atoms with Gasteiger partial charge in [-0.3, -0.25) is 4.79 Å². The standard InChI is InChI=1S/C17H13BrF2N2O3/c1-9-2-5-13(21-14(9)18)22-15(23)16(6-7-16)10-3-4-11-12(8-10)25-17(19,20)24-11/h2-5,8H,6-7H2,1H3,(H,21,22,23). The van der Waals surface area contributed by atoms with E-state index in [9.17, 15) is 13.6 Å². The predicted octanol–water partition coefficient (Wildman–Crippen LogP) is 4.14. The fourth-order valence-corrected chi connectivity index (χ4v) is 3.15. The number of rotatable bonds is 3. The summed E-state index contributed by atoms with van der Waals surface area (Å²) in [5.41, 5.74) is 0.821. The molecule has 0 bridgehead atoms. The molecule has 4 rings (SSSR count). The third-order valence-electron chi connectivity index (χ3n) is 4.42. The normalized spacial score (nSPS) is 18.7. The second kappa shape index (κ2) is 5.39. The van der Waals surface area contributed by atoms with Gasteiger partial charge in [0.2, 0.25) is 5.91 Å². The Morgan fingerprint density at radius 1 is 1.20 bits per heavy atom. The highest BCUT2D eigenvalue weighted by molar-refractivity contribution is 9.10. The van der Waals surface area contributed by atoms with Gasteiger partial charge in [0.15, 0.2) is 11.5 Å². The van der Waals surface area contributed by atoms with E-state index in [1.807, 2.05) is 13.0 Å². The van der Waals surface area contributed by atoms with Crippen molar-refractivity contribution in [3.05, 3.63) is 46.1 Å². The Balaban J connectivity index is 1.58. The number of carbonyl (C=O) groups excluding carboxylic acids is 1. The highest BCUT2D eigenvalue weighted by Crippen LogP contribution is 2.52. The van der Waals surface area contributed by atoms with Gasteiger partial charge in [0, 0.05) is 0 Å². The van der Waals surface area contributed by atoms with Crippen LogP contribution in [0.4, 0.5) is 14.6 Å². The molecule has 2 aliphatic rings. The molecule has 1 aliphatic carbocycles. The molecule has 1 N–H and O–H groups in total. The number of fused-ring (bicyclic) bond motifs is 1. The lowest BCUT2D eigenvalue weighted by molar-refractivity contribution is -0.286. The van der Waals surface area contributed by atoms with Crippen LogP contribution in [0.1, 0.15) is 24.0 Å². The molecular formula is C17H13BrF2N2O3. The summed E-state index contributed by atoms with van der Waals surface area (Å²) >= 11 is 3.33. The SMILES string of the molecule is Cc1ccc(NC(=O)C2(c3ccc4c(c3)OC(F)(F)O4)CC2)nc1Br. The number of nitrogens with one attached hydrogen (secondary N) is 1. The zero-order chi connectivity index (χ0) is 17.8. The zero-order valence-electron chi connectivity index (χ0n) is 13.1. The Labute approximate surface area is 150 Å². The van der Waals surface area contributed by atoms with Crippen LogP contribution in [0.2, 0.25) is 0 Å². The number of hydrogen-bond acceptors (Lipinski definition) is 4. The molecule has 0 saturated heterocycles. The lowest BCUT2D eigenvalue weighted by atomic mass is 9.94. The van der Waals surface area contributed by atoms with E-state index in [1.165, 1.54) is 12.1 Å².